The van der Waals surface area contributed by atoms with Crippen LogP contribution in [0, 0.1) is 5.92 Å². The summed E-state index contributed by atoms with van der Waals surface area (Å²) in [5.74, 6) is -0.120. The molecular formula is C14H21N3O3S. The maximum Gasteiger partial charge on any atom is 0.321 e. The summed E-state index contributed by atoms with van der Waals surface area (Å²) in [6.07, 6.45) is 4.90. The van der Waals surface area contributed by atoms with Crippen LogP contribution in [0.5, 0.6) is 0 Å². The van der Waals surface area contributed by atoms with E-state index in [1.54, 1.807) is 11.3 Å². The lowest BCUT2D eigenvalue weighted by atomic mass is 9.89. The number of nitrogens with zero attached hydrogens (tertiary/aromatic N) is 1. The highest BCUT2D eigenvalue weighted by molar-refractivity contribution is 7.15. The van der Waals surface area contributed by atoms with E-state index in [-0.39, 0.29) is 12.5 Å². The fourth-order valence-electron chi connectivity index (χ4n) is 2.43. The van der Waals surface area contributed by atoms with Crippen molar-refractivity contribution < 1.29 is 14.7 Å². The van der Waals surface area contributed by atoms with Crippen LogP contribution in [0.15, 0.2) is 0 Å². The Kier molecular flexibility index (Phi) is 5.55. The molecule has 116 valence electrons. The lowest BCUT2D eigenvalue weighted by Gasteiger charge is -2.18. The second kappa shape index (κ2) is 7.40. The van der Waals surface area contributed by atoms with Gasteiger partial charge in [-0.05, 0) is 31.6 Å². The summed E-state index contributed by atoms with van der Waals surface area (Å²) in [4.78, 5) is 27.8. The normalized spacial score (nSPS) is 17.1. The van der Waals surface area contributed by atoms with Gasteiger partial charge in [0.25, 0.3) is 0 Å². The largest absolute Gasteiger partial charge is 0.481 e. The van der Waals surface area contributed by atoms with Gasteiger partial charge in [-0.2, -0.15) is 0 Å². The van der Waals surface area contributed by atoms with Crippen LogP contribution in [0.4, 0.5) is 9.93 Å². The standard InChI is InChI=1S/C14H21N3O3S/c1-2-9-5-6-10-11(8-9)21-14(16-10)17-13(20)15-7-3-4-12(18)19/h9H,2-8H2,1H3,(H,18,19)(H2,15,16,17,20). The number of carbonyl (C=O) groups excluding carboxylic acids is 1. The summed E-state index contributed by atoms with van der Waals surface area (Å²) >= 11 is 1.55. The minimum atomic E-state index is -0.852. The summed E-state index contributed by atoms with van der Waals surface area (Å²) in [6.45, 7) is 2.56. The highest BCUT2D eigenvalue weighted by Crippen LogP contribution is 2.33. The summed E-state index contributed by atoms with van der Waals surface area (Å²) in [6, 6.07) is -0.321. The molecule has 1 aromatic heterocycles. The number of nitrogens with one attached hydrogen (secondary N) is 2. The number of carboxylic acid groups (broad SMARTS) is 1. The Labute approximate surface area is 128 Å². The topological polar surface area (TPSA) is 91.3 Å². The zero-order chi connectivity index (χ0) is 15.2. The predicted molar refractivity (Wildman–Crippen MR) is 81.8 cm³/mol. The van der Waals surface area contributed by atoms with Crippen molar-refractivity contribution in [3.05, 3.63) is 10.6 Å². The third-order valence-electron chi connectivity index (χ3n) is 3.69. The van der Waals surface area contributed by atoms with Crippen molar-refractivity contribution in [2.75, 3.05) is 11.9 Å². The number of aryl methyl sites for hydroxylation is 1. The maximum absolute atomic E-state index is 11.7. The molecule has 0 saturated heterocycles. The van der Waals surface area contributed by atoms with Crippen LogP contribution < -0.4 is 10.6 Å². The van der Waals surface area contributed by atoms with Gasteiger partial charge in [0.1, 0.15) is 0 Å². The summed E-state index contributed by atoms with van der Waals surface area (Å²) in [5.41, 5.74) is 1.12. The number of rotatable bonds is 6. The fraction of sp³-hybridized carbons (Fsp3) is 0.643. The Hall–Kier alpha value is -1.63. The third-order valence-corrected chi connectivity index (χ3v) is 4.73. The summed E-state index contributed by atoms with van der Waals surface area (Å²) < 4.78 is 0. The number of aromatic nitrogens is 1. The molecule has 2 rings (SSSR count). The molecule has 21 heavy (non-hydrogen) atoms. The number of urea groups is 1. The van der Waals surface area contributed by atoms with E-state index in [0.717, 1.165) is 24.5 Å². The molecule has 0 aromatic carbocycles. The number of anilines is 1. The Bertz CT molecular complexity index is 516. The second-order valence-corrected chi connectivity index (χ2v) is 6.37. The van der Waals surface area contributed by atoms with Gasteiger partial charge in [0.05, 0.1) is 5.69 Å². The monoisotopic (exact) mass is 311 g/mol. The minimum absolute atomic E-state index is 0.0598. The number of amides is 2. The van der Waals surface area contributed by atoms with Crippen LogP contribution in [0.1, 0.15) is 43.2 Å². The average molecular weight is 311 g/mol. The van der Waals surface area contributed by atoms with Crippen LogP contribution in [0.3, 0.4) is 0 Å². The number of aliphatic carboxylic acids is 1. The van der Waals surface area contributed by atoms with Gasteiger partial charge in [0, 0.05) is 17.8 Å². The van der Waals surface area contributed by atoms with Gasteiger partial charge in [-0.15, -0.1) is 11.3 Å². The van der Waals surface area contributed by atoms with Gasteiger partial charge < -0.3 is 10.4 Å². The number of thiazole rings is 1. The zero-order valence-electron chi connectivity index (χ0n) is 12.1. The molecule has 1 heterocycles. The molecule has 1 unspecified atom stereocenters. The third kappa shape index (κ3) is 4.70. The average Bonchev–Trinajstić information content (AvgIpc) is 2.84. The van der Waals surface area contributed by atoms with E-state index in [2.05, 4.69) is 22.5 Å². The first-order valence-corrected chi connectivity index (χ1v) is 8.15. The summed E-state index contributed by atoms with van der Waals surface area (Å²) in [7, 11) is 0. The molecular weight excluding hydrogens is 290 g/mol. The SMILES string of the molecule is CCC1CCc2nc(NC(=O)NCCCC(=O)O)sc2C1. The van der Waals surface area contributed by atoms with Crippen molar-refractivity contribution in [3.63, 3.8) is 0 Å². The maximum atomic E-state index is 11.7. The lowest BCUT2D eigenvalue weighted by molar-refractivity contribution is -0.137. The quantitative estimate of drug-likeness (QED) is 0.704. The molecule has 1 aromatic rings. The van der Waals surface area contributed by atoms with Gasteiger partial charge in [0.2, 0.25) is 0 Å². The molecule has 0 fully saturated rings. The Balaban J connectivity index is 1.79. The number of carbonyl (C=O) groups is 2. The van der Waals surface area contributed by atoms with Gasteiger partial charge in [-0.25, -0.2) is 9.78 Å². The zero-order valence-corrected chi connectivity index (χ0v) is 13.0. The molecule has 3 N–H and O–H groups in total. The molecule has 1 aliphatic carbocycles. The molecule has 1 atom stereocenters. The van der Waals surface area contributed by atoms with Crippen LogP contribution >= 0.6 is 11.3 Å². The molecule has 0 radical (unpaired) electrons. The van der Waals surface area contributed by atoms with Crippen molar-refractivity contribution in [3.8, 4) is 0 Å². The first-order valence-electron chi connectivity index (χ1n) is 7.33. The minimum Gasteiger partial charge on any atom is -0.481 e. The van der Waals surface area contributed by atoms with Gasteiger partial charge in [-0.1, -0.05) is 13.3 Å². The molecule has 0 aliphatic heterocycles. The van der Waals surface area contributed by atoms with Gasteiger partial charge in [-0.3, -0.25) is 10.1 Å². The van der Waals surface area contributed by atoms with Crippen LogP contribution in [-0.4, -0.2) is 28.6 Å². The summed E-state index contributed by atoms with van der Waals surface area (Å²) in [5, 5.41) is 14.5. The number of hydrogen-bond acceptors (Lipinski definition) is 4. The van der Waals surface area contributed by atoms with E-state index in [1.807, 2.05) is 0 Å². The van der Waals surface area contributed by atoms with Gasteiger partial charge >= 0.3 is 12.0 Å². The smallest absolute Gasteiger partial charge is 0.321 e. The van der Waals surface area contributed by atoms with Crippen LogP contribution in [0.25, 0.3) is 0 Å². The first kappa shape index (κ1) is 15.8. The highest BCUT2D eigenvalue weighted by Gasteiger charge is 2.21. The fourth-order valence-corrected chi connectivity index (χ4v) is 3.55. The van der Waals surface area contributed by atoms with Crippen molar-refractivity contribution in [2.24, 2.45) is 5.92 Å². The van der Waals surface area contributed by atoms with E-state index in [0.29, 0.717) is 18.1 Å². The number of fused-ring (bicyclic) bond motifs is 1. The van der Waals surface area contributed by atoms with Crippen molar-refractivity contribution in [1.29, 1.82) is 0 Å². The van der Waals surface area contributed by atoms with E-state index in [9.17, 15) is 9.59 Å². The molecule has 0 bridgehead atoms. The Morgan fingerprint density at radius 2 is 2.29 bits per heavy atom. The molecule has 7 heteroatoms. The molecule has 0 saturated carbocycles. The number of hydrogen-bond donors (Lipinski definition) is 3. The van der Waals surface area contributed by atoms with Crippen molar-refractivity contribution in [1.82, 2.24) is 10.3 Å². The molecule has 6 nitrogen and oxygen atoms in total. The first-order chi connectivity index (χ1) is 10.1. The van der Waals surface area contributed by atoms with Crippen molar-refractivity contribution in [2.45, 2.75) is 45.4 Å². The Morgan fingerprint density at radius 1 is 1.48 bits per heavy atom. The lowest BCUT2D eigenvalue weighted by Crippen LogP contribution is -2.29. The molecule has 0 spiro atoms. The van der Waals surface area contributed by atoms with Crippen molar-refractivity contribution >= 4 is 28.5 Å². The molecule has 2 amide bonds. The van der Waals surface area contributed by atoms with E-state index >= 15 is 0 Å². The highest BCUT2D eigenvalue weighted by atomic mass is 32.1. The second-order valence-electron chi connectivity index (χ2n) is 5.28. The van der Waals surface area contributed by atoms with E-state index in [1.165, 1.54) is 17.7 Å². The van der Waals surface area contributed by atoms with Gasteiger partial charge in [0.15, 0.2) is 5.13 Å². The number of carboxylic acids is 1. The Morgan fingerprint density at radius 3 is 3.00 bits per heavy atom. The predicted octanol–water partition coefficient (Wildman–Crippen LogP) is 2.64. The van der Waals surface area contributed by atoms with E-state index < -0.39 is 5.97 Å². The van der Waals surface area contributed by atoms with Crippen LogP contribution in [0.2, 0.25) is 0 Å². The van der Waals surface area contributed by atoms with Crippen LogP contribution in [-0.2, 0) is 17.6 Å². The van der Waals surface area contributed by atoms with E-state index in [4.69, 9.17) is 5.11 Å². The molecule has 1 aliphatic rings.